The van der Waals surface area contributed by atoms with Gasteiger partial charge in [0.05, 0.1) is 6.61 Å². The monoisotopic (exact) mass is 268 g/mol. The van der Waals surface area contributed by atoms with Crippen molar-refractivity contribution in [1.29, 1.82) is 0 Å². The van der Waals surface area contributed by atoms with Crippen molar-refractivity contribution >= 4 is 0 Å². The van der Waals surface area contributed by atoms with Crippen molar-refractivity contribution in [2.24, 2.45) is 5.92 Å². The first-order valence-electron chi connectivity index (χ1n) is 7.65. The van der Waals surface area contributed by atoms with Crippen LogP contribution < -0.4 is 0 Å². The maximum absolute atomic E-state index is 9.19. The average molecular weight is 268 g/mol. The SMILES string of the molecule is C=C(C)CCCCCCCCCC(CO)C(=C)CO. The van der Waals surface area contributed by atoms with Crippen molar-refractivity contribution < 1.29 is 10.2 Å². The van der Waals surface area contributed by atoms with E-state index in [9.17, 15) is 5.11 Å². The lowest BCUT2D eigenvalue weighted by Gasteiger charge is -2.15. The fourth-order valence-electron chi connectivity index (χ4n) is 2.26. The number of aliphatic hydroxyl groups excluding tert-OH is 2. The summed E-state index contributed by atoms with van der Waals surface area (Å²) in [5.74, 6) is 0.0839. The molecule has 1 unspecified atom stereocenters. The maximum Gasteiger partial charge on any atom is 0.0642 e. The van der Waals surface area contributed by atoms with Crippen LogP contribution in [0.1, 0.15) is 64.7 Å². The van der Waals surface area contributed by atoms with Crippen molar-refractivity contribution in [3.8, 4) is 0 Å². The average Bonchev–Trinajstić information content (AvgIpc) is 2.40. The molecule has 2 heteroatoms. The van der Waals surface area contributed by atoms with Gasteiger partial charge in [0.15, 0.2) is 0 Å². The largest absolute Gasteiger partial charge is 0.396 e. The molecule has 0 saturated heterocycles. The Morgan fingerprint density at radius 1 is 0.895 bits per heavy atom. The van der Waals surface area contributed by atoms with E-state index in [-0.39, 0.29) is 19.1 Å². The molecule has 0 aromatic heterocycles. The molecule has 0 spiro atoms. The third-order valence-corrected chi connectivity index (χ3v) is 3.66. The highest BCUT2D eigenvalue weighted by molar-refractivity contribution is 5.00. The van der Waals surface area contributed by atoms with E-state index >= 15 is 0 Å². The van der Waals surface area contributed by atoms with Crippen LogP contribution in [0.3, 0.4) is 0 Å². The molecule has 0 aliphatic rings. The van der Waals surface area contributed by atoms with Crippen LogP contribution in [-0.2, 0) is 0 Å². The normalized spacial score (nSPS) is 12.4. The molecule has 0 rings (SSSR count). The number of hydrogen-bond acceptors (Lipinski definition) is 2. The highest BCUT2D eigenvalue weighted by Crippen LogP contribution is 2.18. The van der Waals surface area contributed by atoms with Crippen molar-refractivity contribution in [2.75, 3.05) is 13.2 Å². The number of rotatable bonds is 13. The third kappa shape index (κ3) is 11.0. The second kappa shape index (κ2) is 12.4. The Morgan fingerprint density at radius 2 is 1.42 bits per heavy atom. The lowest BCUT2D eigenvalue weighted by molar-refractivity contribution is 0.218. The van der Waals surface area contributed by atoms with Crippen LogP contribution >= 0.6 is 0 Å². The number of hydrogen-bond donors (Lipinski definition) is 2. The molecule has 2 nitrogen and oxygen atoms in total. The molecule has 0 saturated carbocycles. The molecular weight excluding hydrogens is 236 g/mol. The zero-order valence-corrected chi connectivity index (χ0v) is 12.7. The van der Waals surface area contributed by atoms with E-state index in [1.807, 2.05) is 0 Å². The summed E-state index contributed by atoms with van der Waals surface area (Å²) in [6.07, 6.45) is 10.9. The molecule has 0 aliphatic carbocycles. The summed E-state index contributed by atoms with van der Waals surface area (Å²) in [7, 11) is 0. The summed E-state index contributed by atoms with van der Waals surface area (Å²) in [4.78, 5) is 0. The lowest BCUT2D eigenvalue weighted by atomic mass is 9.94. The standard InChI is InChI=1S/C17H32O2/c1-15(2)11-9-7-5-4-6-8-10-12-17(14-19)16(3)13-18/h17-19H,1,3-14H2,2H3. The van der Waals surface area contributed by atoms with Crippen LogP contribution in [0.15, 0.2) is 24.3 Å². The topological polar surface area (TPSA) is 40.5 Å². The van der Waals surface area contributed by atoms with Gasteiger partial charge >= 0.3 is 0 Å². The molecule has 1 atom stereocenters. The first-order chi connectivity index (χ1) is 9.11. The maximum atomic E-state index is 9.19. The summed E-state index contributed by atoms with van der Waals surface area (Å²) in [5, 5.41) is 18.2. The van der Waals surface area contributed by atoms with Gasteiger partial charge in [-0.3, -0.25) is 0 Å². The van der Waals surface area contributed by atoms with Gasteiger partial charge in [-0.15, -0.1) is 6.58 Å². The van der Waals surface area contributed by atoms with Gasteiger partial charge in [0.1, 0.15) is 0 Å². The summed E-state index contributed by atoms with van der Waals surface area (Å²) in [5.41, 5.74) is 2.06. The summed E-state index contributed by atoms with van der Waals surface area (Å²) < 4.78 is 0. The zero-order chi connectivity index (χ0) is 14.5. The Labute approximate surface area is 119 Å². The number of aliphatic hydroxyl groups is 2. The van der Waals surface area contributed by atoms with Gasteiger partial charge in [0.2, 0.25) is 0 Å². The molecule has 0 bridgehead atoms. The van der Waals surface area contributed by atoms with Crippen LogP contribution in [0.4, 0.5) is 0 Å². The van der Waals surface area contributed by atoms with E-state index in [1.165, 1.54) is 50.5 Å². The second-order valence-electron chi connectivity index (χ2n) is 5.67. The minimum absolute atomic E-state index is 0.00601. The van der Waals surface area contributed by atoms with E-state index in [2.05, 4.69) is 20.1 Å². The van der Waals surface area contributed by atoms with Gasteiger partial charge in [0.25, 0.3) is 0 Å². The van der Waals surface area contributed by atoms with Crippen LogP contribution in [0, 0.1) is 5.92 Å². The highest BCUT2D eigenvalue weighted by Gasteiger charge is 2.09. The number of allylic oxidation sites excluding steroid dienone is 1. The quantitative estimate of drug-likeness (QED) is 0.387. The van der Waals surface area contributed by atoms with Gasteiger partial charge in [-0.1, -0.05) is 50.7 Å². The molecule has 0 heterocycles. The summed E-state index contributed by atoms with van der Waals surface area (Å²) in [6, 6.07) is 0. The zero-order valence-electron chi connectivity index (χ0n) is 12.7. The van der Waals surface area contributed by atoms with E-state index in [0.29, 0.717) is 0 Å². The molecule has 0 aromatic rings. The third-order valence-electron chi connectivity index (χ3n) is 3.66. The van der Waals surface area contributed by atoms with Crippen molar-refractivity contribution in [1.82, 2.24) is 0 Å². The fourth-order valence-corrected chi connectivity index (χ4v) is 2.26. The Kier molecular flexibility index (Phi) is 12.0. The smallest absolute Gasteiger partial charge is 0.0642 e. The molecule has 112 valence electrons. The second-order valence-corrected chi connectivity index (χ2v) is 5.67. The molecular formula is C17H32O2. The fraction of sp³-hybridized carbons (Fsp3) is 0.765. The predicted octanol–water partition coefficient (Wildman–Crippen LogP) is 4.23. The molecule has 0 aliphatic heterocycles. The molecule has 0 fully saturated rings. The lowest BCUT2D eigenvalue weighted by Crippen LogP contribution is -2.11. The minimum Gasteiger partial charge on any atom is -0.396 e. The molecule has 19 heavy (non-hydrogen) atoms. The Bertz CT molecular complexity index is 246. The minimum atomic E-state index is -0.00601. The van der Waals surface area contributed by atoms with Crippen LogP contribution in [0.25, 0.3) is 0 Å². The van der Waals surface area contributed by atoms with Crippen molar-refractivity contribution in [3.05, 3.63) is 24.3 Å². The molecule has 0 aromatic carbocycles. The molecule has 0 amide bonds. The number of unbranched alkanes of at least 4 members (excludes halogenated alkanes) is 6. The van der Waals surface area contributed by atoms with E-state index < -0.39 is 0 Å². The van der Waals surface area contributed by atoms with E-state index in [0.717, 1.165) is 18.4 Å². The molecule has 2 N–H and O–H groups in total. The summed E-state index contributed by atoms with van der Waals surface area (Å²) in [6.45, 7) is 9.90. The van der Waals surface area contributed by atoms with Crippen LogP contribution in [0.2, 0.25) is 0 Å². The van der Waals surface area contributed by atoms with E-state index in [4.69, 9.17) is 5.11 Å². The van der Waals surface area contributed by atoms with Crippen LogP contribution in [-0.4, -0.2) is 23.4 Å². The van der Waals surface area contributed by atoms with Gasteiger partial charge < -0.3 is 10.2 Å². The van der Waals surface area contributed by atoms with Crippen molar-refractivity contribution in [3.63, 3.8) is 0 Å². The first kappa shape index (κ1) is 18.4. The molecule has 0 radical (unpaired) electrons. The van der Waals surface area contributed by atoms with Gasteiger partial charge in [-0.05, 0) is 31.8 Å². The van der Waals surface area contributed by atoms with Gasteiger partial charge in [-0.25, -0.2) is 0 Å². The van der Waals surface area contributed by atoms with Crippen molar-refractivity contribution in [2.45, 2.75) is 64.7 Å². The highest BCUT2D eigenvalue weighted by atomic mass is 16.3. The van der Waals surface area contributed by atoms with Crippen LogP contribution in [0.5, 0.6) is 0 Å². The van der Waals surface area contributed by atoms with E-state index in [1.54, 1.807) is 0 Å². The Balaban J connectivity index is 3.35. The Hall–Kier alpha value is -0.600. The van der Waals surface area contributed by atoms with Gasteiger partial charge in [-0.2, -0.15) is 0 Å². The predicted molar refractivity (Wildman–Crippen MR) is 83.2 cm³/mol. The first-order valence-corrected chi connectivity index (χ1v) is 7.65. The Morgan fingerprint density at radius 3 is 1.89 bits per heavy atom. The summed E-state index contributed by atoms with van der Waals surface area (Å²) >= 11 is 0. The van der Waals surface area contributed by atoms with Gasteiger partial charge in [0, 0.05) is 12.5 Å².